The van der Waals surface area contributed by atoms with Crippen LogP contribution < -0.4 is 21.6 Å². The topological polar surface area (TPSA) is 112 Å². The summed E-state index contributed by atoms with van der Waals surface area (Å²) in [7, 11) is 0. The van der Waals surface area contributed by atoms with Gasteiger partial charge in [0.15, 0.2) is 0 Å². The van der Waals surface area contributed by atoms with Crippen molar-refractivity contribution in [3.8, 4) is 12.1 Å². The molecule has 194 valence electrons. The molecule has 10 heteroatoms. The van der Waals surface area contributed by atoms with E-state index < -0.39 is 6.02 Å². The molecule has 0 bridgehead atoms. The van der Waals surface area contributed by atoms with Gasteiger partial charge < -0.3 is 16.1 Å². The van der Waals surface area contributed by atoms with Crippen LogP contribution in [0.3, 0.4) is 0 Å². The minimum absolute atomic E-state index is 0.0398. The number of hydrogen-bond donors (Lipinski definition) is 4. The lowest BCUT2D eigenvalue weighted by atomic mass is 9.96. The van der Waals surface area contributed by atoms with Crippen LogP contribution in [0.15, 0.2) is 48.4 Å². The molecular formula is C28H28Cl2N8. The van der Waals surface area contributed by atoms with Crippen LogP contribution in [0.1, 0.15) is 57.7 Å². The monoisotopic (exact) mass is 547 g/mol. The summed E-state index contributed by atoms with van der Waals surface area (Å²) in [4.78, 5) is 4.44. The van der Waals surface area contributed by atoms with Crippen LogP contribution in [0.4, 0.5) is 11.4 Å². The molecule has 0 unspecified atom stereocenters. The number of anilines is 2. The lowest BCUT2D eigenvalue weighted by molar-refractivity contribution is 0.260. The zero-order valence-corrected chi connectivity index (χ0v) is 22.8. The second-order valence-electron chi connectivity index (χ2n) is 10.6. The molecule has 1 saturated carbocycles. The van der Waals surface area contributed by atoms with Crippen molar-refractivity contribution in [3.63, 3.8) is 0 Å². The van der Waals surface area contributed by atoms with Crippen molar-refractivity contribution in [1.29, 1.82) is 10.5 Å². The Hall–Kier alpha value is -3.69. The number of aromatic nitrogens is 1. The summed E-state index contributed by atoms with van der Waals surface area (Å²) in [5, 5.41) is 29.3. The predicted octanol–water partition coefficient (Wildman–Crippen LogP) is 6.22. The Labute approximate surface area is 233 Å². The molecule has 2 heterocycles. The Morgan fingerprint density at radius 3 is 2.66 bits per heavy atom. The number of hydrogen-bond acceptors (Lipinski definition) is 8. The van der Waals surface area contributed by atoms with Gasteiger partial charge in [-0.2, -0.15) is 10.5 Å². The average Bonchev–Trinajstić information content (AvgIpc) is 3.62. The third-order valence-electron chi connectivity index (χ3n) is 6.30. The molecular weight excluding hydrogens is 519 g/mol. The lowest BCUT2D eigenvalue weighted by Gasteiger charge is -2.24. The zero-order valence-electron chi connectivity index (χ0n) is 22.3. The Morgan fingerprint density at radius 1 is 1.21 bits per heavy atom. The maximum absolute atomic E-state index is 9.80. The van der Waals surface area contributed by atoms with Crippen LogP contribution in [0.25, 0.3) is 10.9 Å². The molecule has 5 rings (SSSR count). The highest BCUT2D eigenvalue weighted by molar-refractivity contribution is 6.36. The van der Waals surface area contributed by atoms with Crippen molar-refractivity contribution in [2.24, 2.45) is 5.41 Å². The van der Waals surface area contributed by atoms with E-state index in [0.717, 1.165) is 12.8 Å². The van der Waals surface area contributed by atoms with E-state index in [0.29, 0.717) is 56.7 Å². The molecule has 0 spiro atoms. The smallest absolute Gasteiger partial charge is 0.103 e. The van der Waals surface area contributed by atoms with Crippen molar-refractivity contribution in [1.82, 2.24) is 21.0 Å². The van der Waals surface area contributed by atoms with Crippen LogP contribution in [0, 0.1) is 28.1 Å². The molecule has 1 fully saturated rings. The normalized spacial score (nSPS) is 17.1. The fraction of sp³-hybridized carbons (Fsp3) is 0.321. The first kappa shape index (κ1) is 24.6. The Balaban J connectivity index is 1.64. The average molecular weight is 549 g/mol. The molecule has 8 nitrogen and oxygen atoms in total. The molecule has 2 aromatic carbocycles. The number of nitrogens with one attached hydrogen (secondary N) is 4. The quantitative estimate of drug-likeness (QED) is 0.275. The van der Waals surface area contributed by atoms with Gasteiger partial charge in [-0.1, -0.05) is 56.1 Å². The van der Waals surface area contributed by atoms with E-state index in [1.807, 2.05) is 17.3 Å². The SMILES string of the molecule is [2H][C@](Nc1cc(Cl)c2ncc(C#N)c(NCC(C)(C)C)c2c1)(C1=CN(C2CC2)NN1)c1cccc(C#N)c1Cl. The zero-order chi connectivity index (χ0) is 27.9. The summed E-state index contributed by atoms with van der Waals surface area (Å²) in [6, 6.07) is 11.6. The first-order valence-corrected chi connectivity index (χ1v) is 13.1. The van der Waals surface area contributed by atoms with Crippen LogP contribution in [-0.4, -0.2) is 22.6 Å². The van der Waals surface area contributed by atoms with E-state index in [-0.39, 0.29) is 16.0 Å². The number of halogens is 2. The largest absolute Gasteiger partial charge is 0.383 e. The van der Waals surface area contributed by atoms with Gasteiger partial charge in [-0.3, -0.25) is 9.99 Å². The Morgan fingerprint density at radius 2 is 1.97 bits per heavy atom. The first-order valence-electron chi connectivity index (χ1n) is 12.8. The highest BCUT2D eigenvalue weighted by atomic mass is 35.5. The summed E-state index contributed by atoms with van der Waals surface area (Å²) in [6.45, 7) is 6.92. The van der Waals surface area contributed by atoms with Crippen LogP contribution in [0.5, 0.6) is 0 Å². The summed E-state index contributed by atoms with van der Waals surface area (Å²) in [5.74, 6) is 0. The predicted molar refractivity (Wildman–Crippen MR) is 151 cm³/mol. The summed E-state index contributed by atoms with van der Waals surface area (Å²) in [5.41, 5.74) is 9.43. The van der Waals surface area contributed by atoms with E-state index >= 15 is 0 Å². The summed E-state index contributed by atoms with van der Waals surface area (Å²) in [6.07, 6.45) is 5.47. The van der Waals surface area contributed by atoms with Crippen molar-refractivity contribution in [2.45, 2.75) is 45.7 Å². The lowest BCUT2D eigenvalue weighted by Crippen LogP contribution is -2.38. The number of hydrazine groups is 2. The van der Waals surface area contributed by atoms with Gasteiger partial charge in [0, 0.05) is 41.6 Å². The first-order chi connectivity index (χ1) is 18.5. The van der Waals surface area contributed by atoms with Gasteiger partial charge in [0.25, 0.3) is 0 Å². The second-order valence-corrected chi connectivity index (χ2v) is 11.4. The van der Waals surface area contributed by atoms with E-state index in [1.165, 1.54) is 6.20 Å². The molecule has 1 aromatic heterocycles. The molecule has 1 atom stereocenters. The van der Waals surface area contributed by atoms with E-state index in [1.54, 1.807) is 24.3 Å². The third-order valence-corrected chi connectivity index (χ3v) is 6.99. The molecule has 4 N–H and O–H groups in total. The Bertz CT molecular complexity index is 1560. The number of benzene rings is 2. The number of pyridine rings is 1. The van der Waals surface area contributed by atoms with Crippen LogP contribution in [-0.2, 0) is 0 Å². The van der Waals surface area contributed by atoms with Gasteiger partial charge in [0.1, 0.15) is 12.1 Å². The molecule has 0 radical (unpaired) electrons. The van der Waals surface area contributed by atoms with Crippen LogP contribution in [0.2, 0.25) is 10.0 Å². The Kier molecular flexibility index (Phi) is 6.63. The maximum Gasteiger partial charge on any atom is 0.103 e. The molecule has 3 aromatic rings. The van der Waals surface area contributed by atoms with Crippen molar-refractivity contribution >= 4 is 45.5 Å². The molecule has 1 aliphatic carbocycles. The second kappa shape index (κ2) is 10.2. The molecule has 0 amide bonds. The summed E-state index contributed by atoms with van der Waals surface area (Å²) < 4.78 is 9.70. The molecule has 0 saturated heterocycles. The van der Waals surface area contributed by atoms with Gasteiger partial charge in [0.2, 0.25) is 0 Å². The molecule has 2 aliphatic rings. The highest BCUT2D eigenvalue weighted by Crippen LogP contribution is 2.38. The third kappa shape index (κ3) is 5.30. The van der Waals surface area contributed by atoms with Gasteiger partial charge >= 0.3 is 0 Å². The minimum Gasteiger partial charge on any atom is -0.383 e. The van der Waals surface area contributed by atoms with Gasteiger partial charge in [-0.05, 0) is 36.5 Å². The van der Waals surface area contributed by atoms with Crippen LogP contribution >= 0.6 is 23.2 Å². The number of fused-ring (bicyclic) bond motifs is 1. The van der Waals surface area contributed by atoms with Crippen molar-refractivity contribution in [2.75, 3.05) is 17.2 Å². The van der Waals surface area contributed by atoms with E-state index in [9.17, 15) is 11.9 Å². The van der Waals surface area contributed by atoms with E-state index in [2.05, 4.69) is 59.5 Å². The molecule has 38 heavy (non-hydrogen) atoms. The van der Waals surface area contributed by atoms with Gasteiger partial charge in [-0.15, -0.1) is 5.53 Å². The van der Waals surface area contributed by atoms with Gasteiger partial charge in [-0.25, -0.2) is 0 Å². The maximum atomic E-state index is 9.80. The number of rotatable bonds is 7. The fourth-order valence-corrected chi connectivity index (χ4v) is 4.73. The number of nitriles is 2. The fourth-order valence-electron chi connectivity index (χ4n) is 4.20. The minimum atomic E-state index is -1.63. The van der Waals surface area contributed by atoms with Gasteiger partial charge in [0.05, 0.1) is 45.5 Å². The standard InChI is InChI=1S/C28H28Cl2N8/c1-28(2,3)15-34-25-17(12-32)13-33-26-21(25)9-18(10-22(26)29)35-27(20-6-4-5-16(11-31)24(20)30)23-14-38(37-36-23)19-7-8-19/h4-6,9-10,13-14,19,27,35-37H,7-8,15H2,1-3H3,(H,33,34)/t27-/m1/s1/i27D. The van der Waals surface area contributed by atoms with E-state index in [4.69, 9.17) is 23.2 Å². The number of nitrogens with zero attached hydrogens (tertiary/aromatic N) is 4. The van der Waals surface area contributed by atoms with Crippen molar-refractivity contribution in [3.05, 3.63) is 75.2 Å². The summed E-state index contributed by atoms with van der Waals surface area (Å²) >= 11 is 13.4. The molecule has 1 aliphatic heterocycles. The highest BCUT2D eigenvalue weighted by Gasteiger charge is 2.33. The van der Waals surface area contributed by atoms with Crippen molar-refractivity contribution < 1.29 is 1.37 Å².